The van der Waals surface area contributed by atoms with Gasteiger partial charge in [-0.3, -0.25) is 9.10 Å². The van der Waals surface area contributed by atoms with Crippen LogP contribution in [0.3, 0.4) is 0 Å². The number of benzene rings is 1. The number of sulfonamides is 1. The van der Waals surface area contributed by atoms with Crippen LogP contribution in [0.4, 0.5) is 5.69 Å². The lowest BCUT2D eigenvalue weighted by Gasteiger charge is -2.29. The predicted molar refractivity (Wildman–Crippen MR) is 123 cm³/mol. The summed E-state index contributed by atoms with van der Waals surface area (Å²) >= 11 is 1.33. The molecule has 0 radical (unpaired) electrons. The second kappa shape index (κ2) is 10.5. The molecule has 1 amide bonds. The lowest BCUT2D eigenvalue weighted by Crippen LogP contribution is -2.41. The fourth-order valence-electron chi connectivity index (χ4n) is 3.89. The van der Waals surface area contributed by atoms with Crippen molar-refractivity contribution in [1.82, 2.24) is 20.1 Å². The highest BCUT2D eigenvalue weighted by Crippen LogP contribution is 2.25. The lowest BCUT2D eigenvalue weighted by atomic mass is 9.86. The van der Waals surface area contributed by atoms with E-state index >= 15 is 0 Å². The van der Waals surface area contributed by atoms with E-state index in [0.29, 0.717) is 29.1 Å². The Labute approximate surface area is 188 Å². The van der Waals surface area contributed by atoms with Gasteiger partial charge in [0.15, 0.2) is 11.0 Å². The van der Waals surface area contributed by atoms with Crippen molar-refractivity contribution < 1.29 is 13.2 Å². The molecule has 31 heavy (non-hydrogen) atoms. The third-order valence-corrected chi connectivity index (χ3v) is 7.74. The van der Waals surface area contributed by atoms with Crippen LogP contribution in [0.2, 0.25) is 0 Å². The van der Waals surface area contributed by atoms with Gasteiger partial charge in [-0.25, -0.2) is 8.42 Å². The first kappa shape index (κ1) is 23.6. The minimum Gasteiger partial charge on any atom is -0.352 e. The summed E-state index contributed by atoms with van der Waals surface area (Å²) in [6.45, 7) is 4.81. The van der Waals surface area contributed by atoms with Crippen LogP contribution >= 0.6 is 11.8 Å². The number of nitrogens with zero attached hydrogens (tertiary/aromatic N) is 4. The van der Waals surface area contributed by atoms with Gasteiger partial charge in [0.05, 0.1) is 24.2 Å². The Bertz CT molecular complexity index is 978. The van der Waals surface area contributed by atoms with Gasteiger partial charge in [-0.05, 0) is 37.8 Å². The normalized spacial score (nSPS) is 19.2. The van der Waals surface area contributed by atoms with E-state index in [1.807, 2.05) is 17.6 Å². The molecule has 8 nitrogen and oxygen atoms in total. The van der Waals surface area contributed by atoms with Gasteiger partial charge in [0.2, 0.25) is 15.9 Å². The zero-order chi connectivity index (χ0) is 22.4. The van der Waals surface area contributed by atoms with E-state index < -0.39 is 10.0 Å². The molecule has 1 fully saturated rings. The molecule has 2 atom stereocenters. The molecule has 1 saturated carbocycles. The molecule has 0 spiro atoms. The monoisotopic (exact) mass is 465 g/mol. The van der Waals surface area contributed by atoms with Gasteiger partial charge < -0.3 is 9.88 Å². The Balaban J connectivity index is 1.68. The summed E-state index contributed by atoms with van der Waals surface area (Å²) < 4.78 is 27.9. The first-order valence-electron chi connectivity index (χ1n) is 10.7. The average molecular weight is 466 g/mol. The van der Waals surface area contributed by atoms with E-state index in [-0.39, 0.29) is 24.2 Å². The number of rotatable bonds is 9. The number of carbonyl (C=O) groups is 1. The minimum atomic E-state index is -3.50. The van der Waals surface area contributed by atoms with Crippen molar-refractivity contribution in [2.24, 2.45) is 5.92 Å². The van der Waals surface area contributed by atoms with Gasteiger partial charge >= 0.3 is 0 Å². The standard InChI is InChI=1S/C21H31N5O3S2/c1-4-25-19(14-26(31(3,28)29)17-11-6-5-7-12-17)23-24-21(25)30-15-20(27)22-18-13-9-8-10-16(18)2/h5-7,11-12,16,18H,4,8-10,13-15H2,1-3H3,(H,22,27)/t16-,18-/m0/s1. The van der Waals surface area contributed by atoms with Crippen molar-refractivity contribution in [3.63, 3.8) is 0 Å². The lowest BCUT2D eigenvalue weighted by molar-refractivity contribution is -0.119. The molecule has 1 aliphatic rings. The largest absolute Gasteiger partial charge is 0.352 e. The summed E-state index contributed by atoms with van der Waals surface area (Å²) in [5.41, 5.74) is 0.575. The van der Waals surface area contributed by atoms with Crippen LogP contribution in [0.25, 0.3) is 0 Å². The van der Waals surface area contributed by atoms with Crippen LogP contribution in [0.5, 0.6) is 0 Å². The predicted octanol–water partition coefficient (Wildman–Crippen LogP) is 3.05. The molecule has 1 aromatic carbocycles. The number of carbonyl (C=O) groups excluding carboxylic acids is 1. The maximum absolute atomic E-state index is 12.5. The smallest absolute Gasteiger partial charge is 0.232 e. The SMILES string of the molecule is CCn1c(CN(c2ccccc2)S(C)(=O)=O)nnc1SCC(=O)N[C@H]1CCCC[C@@H]1C. The van der Waals surface area contributed by atoms with E-state index in [9.17, 15) is 13.2 Å². The van der Waals surface area contributed by atoms with Gasteiger partial charge in [-0.15, -0.1) is 10.2 Å². The fraction of sp³-hybridized carbons (Fsp3) is 0.571. The first-order chi connectivity index (χ1) is 14.8. The summed E-state index contributed by atoms with van der Waals surface area (Å²) in [6, 6.07) is 9.18. The number of hydrogen-bond acceptors (Lipinski definition) is 6. The zero-order valence-corrected chi connectivity index (χ0v) is 20.0. The maximum Gasteiger partial charge on any atom is 0.232 e. The second-order valence-electron chi connectivity index (χ2n) is 7.97. The fourth-order valence-corrected chi connectivity index (χ4v) is 5.58. The molecule has 1 N–H and O–H groups in total. The van der Waals surface area contributed by atoms with E-state index in [1.54, 1.807) is 24.3 Å². The van der Waals surface area contributed by atoms with Gasteiger partial charge in [0.1, 0.15) is 0 Å². The summed E-state index contributed by atoms with van der Waals surface area (Å²) in [6.07, 6.45) is 5.77. The Morgan fingerprint density at radius 1 is 1.23 bits per heavy atom. The molecular formula is C21H31N5O3S2. The third-order valence-electron chi connectivity index (χ3n) is 5.63. The number of thioether (sulfide) groups is 1. The van der Waals surface area contributed by atoms with Crippen molar-refractivity contribution >= 4 is 33.4 Å². The van der Waals surface area contributed by atoms with E-state index in [2.05, 4.69) is 22.4 Å². The van der Waals surface area contributed by atoms with Crippen molar-refractivity contribution in [1.29, 1.82) is 0 Å². The summed E-state index contributed by atoms with van der Waals surface area (Å²) in [7, 11) is -3.50. The van der Waals surface area contributed by atoms with Crippen molar-refractivity contribution in [3.05, 3.63) is 36.2 Å². The van der Waals surface area contributed by atoms with Crippen LogP contribution in [0.15, 0.2) is 35.5 Å². The molecule has 0 bridgehead atoms. The molecule has 10 heteroatoms. The molecular weight excluding hydrogens is 434 g/mol. The highest BCUT2D eigenvalue weighted by molar-refractivity contribution is 7.99. The highest BCUT2D eigenvalue weighted by atomic mass is 32.2. The molecule has 0 aliphatic heterocycles. The van der Waals surface area contributed by atoms with Crippen LogP contribution in [-0.4, -0.2) is 47.1 Å². The molecule has 0 saturated heterocycles. The first-order valence-corrected chi connectivity index (χ1v) is 13.5. The molecule has 1 aliphatic carbocycles. The molecule has 0 unspecified atom stereocenters. The number of amides is 1. The molecule has 170 valence electrons. The number of para-hydroxylation sites is 1. The number of hydrogen-bond donors (Lipinski definition) is 1. The van der Waals surface area contributed by atoms with Gasteiger partial charge in [-0.1, -0.05) is 49.7 Å². The molecule has 1 aromatic heterocycles. The second-order valence-corrected chi connectivity index (χ2v) is 10.8. The van der Waals surface area contributed by atoms with Crippen LogP contribution in [0, 0.1) is 5.92 Å². The average Bonchev–Trinajstić information content (AvgIpc) is 3.13. The van der Waals surface area contributed by atoms with Gasteiger partial charge in [0, 0.05) is 12.6 Å². The Hall–Kier alpha value is -2.07. The number of anilines is 1. The quantitative estimate of drug-likeness (QED) is 0.572. The molecule has 3 rings (SSSR count). The number of aromatic nitrogens is 3. The van der Waals surface area contributed by atoms with E-state index in [0.717, 1.165) is 19.3 Å². The van der Waals surface area contributed by atoms with Crippen molar-refractivity contribution in [2.75, 3.05) is 16.3 Å². The molecule has 2 aromatic rings. The van der Waals surface area contributed by atoms with Crippen molar-refractivity contribution in [2.45, 2.75) is 63.8 Å². The highest BCUT2D eigenvalue weighted by Gasteiger charge is 2.24. The van der Waals surface area contributed by atoms with Gasteiger partial charge in [-0.2, -0.15) is 0 Å². The summed E-state index contributed by atoms with van der Waals surface area (Å²) in [5.74, 6) is 1.31. The van der Waals surface area contributed by atoms with Crippen molar-refractivity contribution in [3.8, 4) is 0 Å². The van der Waals surface area contributed by atoms with Crippen LogP contribution in [-0.2, 0) is 27.9 Å². The summed E-state index contributed by atoms with van der Waals surface area (Å²) in [4.78, 5) is 12.5. The minimum absolute atomic E-state index is 0.00185. The third kappa shape index (κ3) is 6.22. The topological polar surface area (TPSA) is 97.2 Å². The zero-order valence-electron chi connectivity index (χ0n) is 18.3. The van der Waals surface area contributed by atoms with Crippen LogP contribution in [0.1, 0.15) is 45.4 Å². The Morgan fingerprint density at radius 3 is 2.58 bits per heavy atom. The van der Waals surface area contributed by atoms with Gasteiger partial charge in [0.25, 0.3) is 0 Å². The Morgan fingerprint density at radius 2 is 1.94 bits per heavy atom. The number of nitrogens with one attached hydrogen (secondary N) is 1. The van der Waals surface area contributed by atoms with E-state index in [1.165, 1.54) is 28.7 Å². The maximum atomic E-state index is 12.5. The van der Waals surface area contributed by atoms with Crippen LogP contribution < -0.4 is 9.62 Å². The van der Waals surface area contributed by atoms with E-state index in [4.69, 9.17) is 0 Å². The molecule has 1 heterocycles. The summed E-state index contributed by atoms with van der Waals surface area (Å²) in [5, 5.41) is 12.2. The Kier molecular flexibility index (Phi) is 7.99.